The highest BCUT2D eigenvalue weighted by atomic mass is 16.5. The van der Waals surface area contributed by atoms with Gasteiger partial charge >= 0.3 is 0 Å². The van der Waals surface area contributed by atoms with Crippen LogP contribution in [0.25, 0.3) is 0 Å². The Bertz CT molecular complexity index is 861. The molecule has 0 aromatic heterocycles. The molecule has 3 N–H and O–H groups in total. The molecule has 0 spiro atoms. The number of hydrogen-bond acceptors (Lipinski definition) is 5. The predicted octanol–water partition coefficient (Wildman–Crippen LogP) is 3.95. The number of ether oxygens (including phenoxy) is 2. The average molecular weight is 412 g/mol. The number of rotatable bonds is 9. The van der Waals surface area contributed by atoms with E-state index in [1.807, 2.05) is 43.3 Å². The molecule has 3 rings (SSSR count). The fourth-order valence-corrected chi connectivity index (χ4v) is 3.09. The second-order valence-electron chi connectivity index (χ2n) is 7.30. The summed E-state index contributed by atoms with van der Waals surface area (Å²) in [5.41, 5.74) is 3.10. The van der Waals surface area contributed by atoms with Gasteiger partial charge in [-0.1, -0.05) is 13.0 Å². The van der Waals surface area contributed by atoms with Gasteiger partial charge < -0.3 is 25.4 Å². The SMILES string of the molecule is CCC(=O)Nc1cc(NC(=O)CNc2ccc(OCC3CCCO3)cc2)ccc1C. The van der Waals surface area contributed by atoms with Crippen molar-refractivity contribution in [3.63, 3.8) is 0 Å². The minimum absolute atomic E-state index is 0.0635. The van der Waals surface area contributed by atoms with E-state index in [1.54, 1.807) is 13.0 Å². The van der Waals surface area contributed by atoms with Crippen molar-refractivity contribution >= 4 is 28.9 Å². The molecule has 0 aliphatic carbocycles. The number of anilines is 3. The van der Waals surface area contributed by atoms with Gasteiger partial charge in [0.05, 0.1) is 12.6 Å². The van der Waals surface area contributed by atoms with Crippen LogP contribution in [0.5, 0.6) is 5.75 Å². The first kappa shape index (κ1) is 21.6. The van der Waals surface area contributed by atoms with Crippen LogP contribution in [0.15, 0.2) is 42.5 Å². The van der Waals surface area contributed by atoms with E-state index < -0.39 is 0 Å². The summed E-state index contributed by atoms with van der Waals surface area (Å²) in [6, 6.07) is 12.9. The lowest BCUT2D eigenvalue weighted by Gasteiger charge is -2.13. The summed E-state index contributed by atoms with van der Waals surface area (Å²) in [4.78, 5) is 23.9. The van der Waals surface area contributed by atoms with Gasteiger partial charge in [-0.2, -0.15) is 0 Å². The molecule has 1 unspecified atom stereocenters. The van der Waals surface area contributed by atoms with E-state index in [1.165, 1.54) is 0 Å². The van der Waals surface area contributed by atoms with Gasteiger partial charge in [-0.15, -0.1) is 0 Å². The van der Waals surface area contributed by atoms with E-state index in [0.717, 1.165) is 36.4 Å². The molecule has 1 aliphatic heterocycles. The molecule has 0 radical (unpaired) electrons. The van der Waals surface area contributed by atoms with E-state index in [4.69, 9.17) is 9.47 Å². The molecule has 2 aromatic rings. The molecule has 1 fully saturated rings. The van der Waals surface area contributed by atoms with Gasteiger partial charge in [0.25, 0.3) is 0 Å². The summed E-state index contributed by atoms with van der Waals surface area (Å²) in [5, 5.41) is 8.78. The van der Waals surface area contributed by atoms with Crippen LogP contribution < -0.4 is 20.7 Å². The minimum Gasteiger partial charge on any atom is -0.491 e. The molecule has 0 bridgehead atoms. The van der Waals surface area contributed by atoms with Crippen molar-refractivity contribution in [2.24, 2.45) is 0 Å². The maximum Gasteiger partial charge on any atom is 0.243 e. The highest BCUT2D eigenvalue weighted by Crippen LogP contribution is 2.21. The van der Waals surface area contributed by atoms with Crippen LogP contribution in [-0.4, -0.2) is 37.7 Å². The maximum atomic E-state index is 12.3. The van der Waals surface area contributed by atoms with Gasteiger partial charge in [0.2, 0.25) is 11.8 Å². The lowest BCUT2D eigenvalue weighted by Crippen LogP contribution is -2.22. The number of hydrogen-bond donors (Lipinski definition) is 3. The smallest absolute Gasteiger partial charge is 0.243 e. The van der Waals surface area contributed by atoms with Gasteiger partial charge in [-0.3, -0.25) is 9.59 Å². The van der Waals surface area contributed by atoms with Crippen LogP contribution in [0.1, 0.15) is 31.7 Å². The highest BCUT2D eigenvalue weighted by molar-refractivity contribution is 5.96. The summed E-state index contributed by atoms with van der Waals surface area (Å²) in [6.45, 7) is 5.21. The van der Waals surface area contributed by atoms with Crippen LogP contribution in [0.3, 0.4) is 0 Å². The third-order valence-electron chi connectivity index (χ3n) is 4.88. The lowest BCUT2D eigenvalue weighted by atomic mass is 10.1. The van der Waals surface area contributed by atoms with E-state index in [9.17, 15) is 9.59 Å². The molecule has 2 aromatic carbocycles. The Hall–Kier alpha value is -3.06. The number of carbonyl (C=O) groups is 2. The third kappa shape index (κ3) is 6.49. The number of amides is 2. The molecule has 160 valence electrons. The molecular weight excluding hydrogens is 382 g/mol. The second kappa shape index (κ2) is 10.6. The summed E-state index contributed by atoms with van der Waals surface area (Å²) in [6.07, 6.45) is 2.72. The third-order valence-corrected chi connectivity index (χ3v) is 4.88. The molecule has 1 aliphatic rings. The molecule has 7 nitrogen and oxygen atoms in total. The number of nitrogens with one attached hydrogen (secondary N) is 3. The molecule has 1 atom stereocenters. The van der Waals surface area contributed by atoms with Crippen molar-refractivity contribution in [2.75, 3.05) is 35.7 Å². The van der Waals surface area contributed by atoms with Crippen molar-refractivity contribution < 1.29 is 19.1 Å². The number of benzene rings is 2. The van der Waals surface area contributed by atoms with E-state index in [-0.39, 0.29) is 24.5 Å². The number of carbonyl (C=O) groups excluding carboxylic acids is 2. The first-order valence-corrected chi connectivity index (χ1v) is 10.3. The van der Waals surface area contributed by atoms with Gasteiger partial charge in [-0.05, 0) is 61.7 Å². The quantitative estimate of drug-likeness (QED) is 0.581. The van der Waals surface area contributed by atoms with Gasteiger partial charge in [0.1, 0.15) is 12.4 Å². The zero-order valence-corrected chi connectivity index (χ0v) is 17.5. The monoisotopic (exact) mass is 411 g/mol. The largest absolute Gasteiger partial charge is 0.491 e. The Labute approximate surface area is 177 Å². The fourth-order valence-electron chi connectivity index (χ4n) is 3.09. The lowest BCUT2D eigenvalue weighted by molar-refractivity contribution is -0.116. The maximum absolute atomic E-state index is 12.3. The van der Waals surface area contributed by atoms with Gasteiger partial charge in [0, 0.05) is 30.1 Å². The van der Waals surface area contributed by atoms with Crippen molar-refractivity contribution in [1.82, 2.24) is 0 Å². The second-order valence-corrected chi connectivity index (χ2v) is 7.30. The summed E-state index contributed by atoms with van der Waals surface area (Å²) in [5.74, 6) is 0.540. The average Bonchev–Trinajstić information content (AvgIpc) is 3.27. The molecule has 2 amide bonds. The Kier molecular flexibility index (Phi) is 7.68. The molecular formula is C23H29N3O4. The topological polar surface area (TPSA) is 88.7 Å². The zero-order chi connectivity index (χ0) is 21.3. The van der Waals surface area contributed by atoms with Gasteiger partial charge in [0.15, 0.2) is 0 Å². The van der Waals surface area contributed by atoms with Crippen molar-refractivity contribution in [1.29, 1.82) is 0 Å². The minimum atomic E-state index is -0.176. The van der Waals surface area contributed by atoms with Gasteiger partial charge in [-0.25, -0.2) is 0 Å². The fraction of sp³-hybridized carbons (Fsp3) is 0.391. The van der Waals surface area contributed by atoms with E-state index in [0.29, 0.717) is 24.4 Å². The first-order chi connectivity index (χ1) is 14.5. The van der Waals surface area contributed by atoms with Crippen LogP contribution in [0, 0.1) is 6.92 Å². The van der Waals surface area contributed by atoms with Crippen LogP contribution in [-0.2, 0) is 14.3 Å². The Morgan fingerprint density at radius 1 is 1.07 bits per heavy atom. The van der Waals surface area contributed by atoms with Crippen LogP contribution in [0.2, 0.25) is 0 Å². The van der Waals surface area contributed by atoms with Crippen molar-refractivity contribution in [3.8, 4) is 5.75 Å². The Balaban J connectivity index is 1.46. The Morgan fingerprint density at radius 3 is 2.53 bits per heavy atom. The van der Waals surface area contributed by atoms with Crippen LogP contribution in [0.4, 0.5) is 17.1 Å². The van der Waals surface area contributed by atoms with Crippen molar-refractivity contribution in [2.45, 2.75) is 39.2 Å². The highest BCUT2D eigenvalue weighted by Gasteiger charge is 2.15. The van der Waals surface area contributed by atoms with E-state index >= 15 is 0 Å². The molecule has 0 saturated carbocycles. The summed E-state index contributed by atoms with van der Waals surface area (Å²) < 4.78 is 11.3. The molecule has 1 heterocycles. The molecule has 7 heteroatoms. The standard InChI is InChI=1S/C23H29N3O4/c1-3-22(27)26-21-13-18(7-6-16(21)2)25-23(28)14-24-17-8-10-19(11-9-17)30-15-20-5-4-12-29-20/h6-11,13,20,24H,3-5,12,14-15H2,1-2H3,(H,25,28)(H,26,27). The normalized spacial score (nSPS) is 15.5. The molecule has 1 saturated heterocycles. The summed E-state index contributed by atoms with van der Waals surface area (Å²) in [7, 11) is 0. The molecule has 30 heavy (non-hydrogen) atoms. The first-order valence-electron chi connectivity index (χ1n) is 10.3. The predicted molar refractivity (Wildman–Crippen MR) is 118 cm³/mol. The van der Waals surface area contributed by atoms with Crippen LogP contribution >= 0.6 is 0 Å². The zero-order valence-electron chi connectivity index (χ0n) is 17.5. The summed E-state index contributed by atoms with van der Waals surface area (Å²) >= 11 is 0. The number of aryl methyl sites for hydroxylation is 1. The van der Waals surface area contributed by atoms with E-state index in [2.05, 4.69) is 16.0 Å². The van der Waals surface area contributed by atoms with Crippen molar-refractivity contribution in [3.05, 3.63) is 48.0 Å². The Morgan fingerprint density at radius 2 is 1.83 bits per heavy atom.